The average molecular weight is 326 g/mol. The molecule has 24 heavy (non-hydrogen) atoms. The van der Waals surface area contributed by atoms with E-state index in [1.165, 1.54) is 5.56 Å². The van der Waals surface area contributed by atoms with Gasteiger partial charge >= 0.3 is 11.9 Å². The Morgan fingerprint density at radius 2 is 1.58 bits per heavy atom. The second kappa shape index (κ2) is 7.77. The molecule has 0 aliphatic carbocycles. The maximum Gasteiger partial charge on any atom is 0.335 e. The maximum atomic E-state index is 11.3. The SMILES string of the molecule is CCCCc1c(C)cc(C(=O)O)cc1Cc1ccc(C(=O)O)cc1. The monoisotopic (exact) mass is 326 g/mol. The molecule has 0 atom stereocenters. The van der Waals surface area contributed by atoms with Gasteiger partial charge in [0.05, 0.1) is 11.1 Å². The van der Waals surface area contributed by atoms with E-state index in [4.69, 9.17) is 5.11 Å². The van der Waals surface area contributed by atoms with Crippen LogP contribution in [0.25, 0.3) is 0 Å². The van der Waals surface area contributed by atoms with Crippen molar-refractivity contribution in [2.24, 2.45) is 0 Å². The minimum Gasteiger partial charge on any atom is -0.478 e. The molecule has 0 saturated carbocycles. The Balaban J connectivity index is 2.38. The highest BCUT2D eigenvalue weighted by Gasteiger charge is 2.13. The van der Waals surface area contributed by atoms with Gasteiger partial charge in [0.2, 0.25) is 0 Å². The molecule has 0 aromatic heterocycles. The molecular formula is C20H22O4. The highest BCUT2D eigenvalue weighted by atomic mass is 16.4. The summed E-state index contributed by atoms with van der Waals surface area (Å²) in [5.74, 6) is -1.88. The molecule has 0 radical (unpaired) electrons. The fraction of sp³-hybridized carbons (Fsp3) is 0.300. The number of hydrogen-bond donors (Lipinski definition) is 2. The predicted molar refractivity (Wildman–Crippen MR) is 93.0 cm³/mol. The van der Waals surface area contributed by atoms with E-state index in [0.29, 0.717) is 12.0 Å². The number of hydrogen-bond acceptors (Lipinski definition) is 2. The third kappa shape index (κ3) is 4.22. The molecule has 0 aliphatic rings. The Labute approximate surface area is 141 Å². The summed E-state index contributed by atoms with van der Waals surface area (Å²) in [5, 5.41) is 18.3. The standard InChI is InChI=1S/C20H22O4/c1-3-4-5-18-13(2)10-17(20(23)24)12-16(18)11-14-6-8-15(9-7-14)19(21)22/h6-10,12H,3-5,11H2,1-2H3,(H,21,22)(H,23,24). The zero-order valence-corrected chi connectivity index (χ0v) is 14.0. The van der Waals surface area contributed by atoms with Crippen LogP contribution in [0, 0.1) is 6.92 Å². The van der Waals surface area contributed by atoms with Gasteiger partial charge in [-0.25, -0.2) is 9.59 Å². The minimum atomic E-state index is -0.950. The van der Waals surface area contributed by atoms with Crippen LogP contribution < -0.4 is 0 Å². The molecule has 4 heteroatoms. The summed E-state index contributed by atoms with van der Waals surface area (Å²) in [7, 11) is 0. The number of aryl methyl sites for hydroxylation is 1. The lowest BCUT2D eigenvalue weighted by atomic mass is 9.90. The van der Waals surface area contributed by atoms with E-state index in [-0.39, 0.29) is 5.56 Å². The van der Waals surface area contributed by atoms with Gasteiger partial charge in [-0.15, -0.1) is 0 Å². The van der Waals surface area contributed by atoms with E-state index in [1.54, 1.807) is 36.4 Å². The largest absolute Gasteiger partial charge is 0.478 e. The second-order valence-electron chi connectivity index (χ2n) is 6.02. The minimum absolute atomic E-state index is 0.250. The van der Waals surface area contributed by atoms with Crippen LogP contribution in [-0.4, -0.2) is 22.2 Å². The van der Waals surface area contributed by atoms with E-state index >= 15 is 0 Å². The van der Waals surface area contributed by atoms with Crippen molar-refractivity contribution >= 4 is 11.9 Å². The van der Waals surface area contributed by atoms with Gasteiger partial charge in [-0.3, -0.25) is 0 Å². The molecule has 126 valence electrons. The first-order valence-corrected chi connectivity index (χ1v) is 8.10. The highest BCUT2D eigenvalue weighted by molar-refractivity contribution is 5.88. The van der Waals surface area contributed by atoms with Crippen LogP contribution in [0.2, 0.25) is 0 Å². The van der Waals surface area contributed by atoms with Crippen LogP contribution in [0.3, 0.4) is 0 Å². The number of carboxylic acid groups (broad SMARTS) is 2. The molecule has 2 rings (SSSR count). The van der Waals surface area contributed by atoms with Gasteiger partial charge in [0.1, 0.15) is 0 Å². The van der Waals surface area contributed by atoms with Gasteiger partial charge in [0, 0.05) is 0 Å². The maximum absolute atomic E-state index is 11.3. The molecule has 0 bridgehead atoms. The summed E-state index contributed by atoms with van der Waals surface area (Å²) in [4.78, 5) is 22.3. The van der Waals surface area contributed by atoms with Crippen molar-refractivity contribution in [2.75, 3.05) is 0 Å². The lowest BCUT2D eigenvalue weighted by Crippen LogP contribution is -2.05. The van der Waals surface area contributed by atoms with Crippen LogP contribution in [0.1, 0.15) is 62.7 Å². The molecule has 2 aromatic rings. The lowest BCUT2D eigenvalue weighted by Gasteiger charge is -2.14. The summed E-state index contributed by atoms with van der Waals surface area (Å²) >= 11 is 0. The van der Waals surface area contributed by atoms with Gasteiger partial charge in [-0.2, -0.15) is 0 Å². The fourth-order valence-corrected chi connectivity index (χ4v) is 2.87. The van der Waals surface area contributed by atoms with E-state index < -0.39 is 11.9 Å². The van der Waals surface area contributed by atoms with E-state index in [2.05, 4.69) is 6.92 Å². The Kier molecular flexibility index (Phi) is 5.74. The quantitative estimate of drug-likeness (QED) is 0.794. The fourth-order valence-electron chi connectivity index (χ4n) is 2.87. The summed E-state index contributed by atoms with van der Waals surface area (Å²) in [6, 6.07) is 10.2. The molecule has 0 spiro atoms. The first kappa shape index (κ1) is 17.7. The highest BCUT2D eigenvalue weighted by Crippen LogP contribution is 2.23. The predicted octanol–water partition coefficient (Wildman–Crippen LogP) is 4.32. The molecular weight excluding hydrogens is 304 g/mol. The van der Waals surface area contributed by atoms with Gasteiger partial charge in [-0.1, -0.05) is 25.5 Å². The van der Waals surface area contributed by atoms with Gasteiger partial charge in [0.15, 0.2) is 0 Å². The average Bonchev–Trinajstić information content (AvgIpc) is 2.54. The summed E-state index contributed by atoms with van der Waals surface area (Å²) < 4.78 is 0. The number of unbranched alkanes of at least 4 members (excludes halogenated alkanes) is 1. The Hall–Kier alpha value is -2.62. The summed E-state index contributed by atoms with van der Waals surface area (Å²) in [6.07, 6.45) is 3.65. The van der Waals surface area contributed by atoms with Crippen LogP contribution in [-0.2, 0) is 12.8 Å². The Morgan fingerprint density at radius 3 is 2.12 bits per heavy atom. The molecule has 2 N–H and O–H groups in total. The van der Waals surface area contributed by atoms with Crippen LogP contribution >= 0.6 is 0 Å². The number of benzene rings is 2. The summed E-state index contributed by atoms with van der Waals surface area (Å²) in [6.45, 7) is 4.08. The van der Waals surface area contributed by atoms with Gasteiger partial charge in [0.25, 0.3) is 0 Å². The topological polar surface area (TPSA) is 74.6 Å². The third-order valence-electron chi connectivity index (χ3n) is 4.19. The van der Waals surface area contributed by atoms with Gasteiger partial charge < -0.3 is 10.2 Å². The Bertz CT molecular complexity index is 745. The van der Waals surface area contributed by atoms with Crippen molar-refractivity contribution < 1.29 is 19.8 Å². The zero-order valence-electron chi connectivity index (χ0n) is 14.0. The van der Waals surface area contributed by atoms with Crippen molar-refractivity contribution in [1.29, 1.82) is 0 Å². The summed E-state index contributed by atoms with van der Waals surface area (Å²) in [5.41, 5.74) is 4.72. The van der Waals surface area contributed by atoms with Crippen LogP contribution in [0.15, 0.2) is 36.4 Å². The molecule has 0 unspecified atom stereocenters. The molecule has 0 aliphatic heterocycles. The van der Waals surface area contributed by atoms with Crippen molar-refractivity contribution in [2.45, 2.75) is 39.5 Å². The molecule has 4 nitrogen and oxygen atoms in total. The molecule has 0 saturated heterocycles. The van der Waals surface area contributed by atoms with E-state index in [0.717, 1.165) is 36.0 Å². The molecule has 0 heterocycles. The number of rotatable bonds is 7. The van der Waals surface area contributed by atoms with Crippen LogP contribution in [0.4, 0.5) is 0 Å². The van der Waals surface area contributed by atoms with Crippen LogP contribution in [0.5, 0.6) is 0 Å². The number of carbonyl (C=O) groups is 2. The first-order valence-electron chi connectivity index (χ1n) is 8.10. The number of aromatic carboxylic acids is 2. The van der Waals surface area contributed by atoms with E-state index in [9.17, 15) is 14.7 Å². The molecule has 0 fully saturated rings. The second-order valence-corrected chi connectivity index (χ2v) is 6.02. The van der Waals surface area contributed by atoms with E-state index in [1.807, 2.05) is 6.92 Å². The lowest BCUT2D eigenvalue weighted by molar-refractivity contribution is 0.0686. The Morgan fingerprint density at radius 1 is 0.958 bits per heavy atom. The molecule has 0 amide bonds. The zero-order chi connectivity index (χ0) is 17.7. The van der Waals surface area contributed by atoms with Crippen molar-refractivity contribution in [3.63, 3.8) is 0 Å². The normalized spacial score (nSPS) is 10.6. The van der Waals surface area contributed by atoms with Crippen molar-refractivity contribution in [1.82, 2.24) is 0 Å². The third-order valence-corrected chi connectivity index (χ3v) is 4.19. The smallest absolute Gasteiger partial charge is 0.335 e. The van der Waals surface area contributed by atoms with Gasteiger partial charge in [-0.05, 0) is 72.7 Å². The first-order chi connectivity index (χ1) is 11.4. The number of carboxylic acids is 2. The van der Waals surface area contributed by atoms with Crippen molar-refractivity contribution in [3.05, 3.63) is 69.8 Å². The van der Waals surface area contributed by atoms with Crippen molar-refractivity contribution in [3.8, 4) is 0 Å². The molecule has 2 aromatic carbocycles.